The van der Waals surface area contributed by atoms with Crippen molar-refractivity contribution >= 4 is 14.0 Å². The minimum Gasteiger partial charge on any atom is -0.440 e. The highest BCUT2D eigenvalue weighted by atomic mass is 28.3. The van der Waals surface area contributed by atoms with Crippen LogP contribution >= 0.6 is 0 Å². The molecule has 0 aromatic heterocycles. The second-order valence-corrected chi connectivity index (χ2v) is 12.9. The molecule has 2 rings (SSSR count). The van der Waals surface area contributed by atoms with E-state index >= 15 is 0 Å². The number of rotatable bonds is 10. The monoisotopic (exact) mass is 394 g/mol. The predicted octanol–water partition coefficient (Wildman–Crippen LogP) is 3.40. The average molecular weight is 395 g/mol. The van der Waals surface area contributed by atoms with E-state index in [2.05, 4.69) is 29.1 Å². The van der Waals surface area contributed by atoms with Gasteiger partial charge in [-0.1, -0.05) is 31.8 Å². The number of benzene rings is 1. The van der Waals surface area contributed by atoms with E-state index in [1.807, 2.05) is 12.1 Å². The minimum absolute atomic E-state index is 0.0932. The van der Waals surface area contributed by atoms with Gasteiger partial charge in [0.2, 0.25) is 0 Å². The third-order valence-electron chi connectivity index (χ3n) is 4.90. The van der Waals surface area contributed by atoms with Gasteiger partial charge in [-0.25, -0.2) is 0 Å². The SMILES string of the molecule is COC(OC)Oc1ccccc1C(=O)CCCN1CCCN([Si](C)(C)C)C1. The predicted molar refractivity (Wildman–Crippen MR) is 110 cm³/mol. The number of ketones is 1. The fourth-order valence-corrected chi connectivity index (χ4v) is 4.75. The Bertz CT molecular complexity index is 602. The number of carbonyl (C=O) groups is 1. The summed E-state index contributed by atoms with van der Waals surface area (Å²) in [6, 6.07) is 7.26. The van der Waals surface area contributed by atoms with Gasteiger partial charge in [-0.15, -0.1) is 0 Å². The summed E-state index contributed by atoms with van der Waals surface area (Å²) < 4.78 is 18.4. The highest BCUT2D eigenvalue weighted by molar-refractivity contribution is 6.73. The second-order valence-electron chi connectivity index (χ2n) is 7.95. The number of para-hydroxylation sites is 1. The van der Waals surface area contributed by atoms with Gasteiger partial charge in [0.15, 0.2) is 5.78 Å². The van der Waals surface area contributed by atoms with Crippen LogP contribution in [-0.2, 0) is 9.47 Å². The van der Waals surface area contributed by atoms with Crippen molar-refractivity contribution in [1.29, 1.82) is 0 Å². The summed E-state index contributed by atoms with van der Waals surface area (Å²) in [4.78, 5) is 15.2. The number of nitrogens with zero attached hydrogens (tertiary/aromatic N) is 2. The number of methoxy groups -OCH3 is 2. The fraction of sp³-hybridized carbons (Fsp3) is 0.650. The van der Waals surface area contributed by atoms with Gasteiger partial charge in [0.25, 0.3) is 0 Å². The van der Waals surface area contributed by atoms with Crippen molar-refractivity contribution < 1.29 is 19.0 Å². The number of hydrogen-bond donors (Lipinski definition) is 0. The van der Waals surface area contributed by atoms with Crippen molar-refractivity contribution in [2.75, 3.05) is 40.5 Å². The molecule has 6 nitrogen and oxygen atoms in total. The molecule has 0 saturated carbocycles. The Morgan fingerprint density at radius 1 is 1.15 bits per heavy atom. The quantitative estimate of drug-likeness (QED) is 0.344. The van der Waals surface area contributed by atoms with E-state index in [0.717, 1.165) is 26.2 Å². The van der Waals surface area contributed by atoms with Crippen LogP contribution in [0.5, 0.6) is 5.75 Å². The van der Waals surface area contributed by atoms with Crippen molar-refractivity contribution in [3.8, 4) is 5.75 Å². The molecule has 0 spiro atoms. The molecule has 1 aromatic rings. The van der Waals surface area contributed by atoms with Crippen LogP contribution in [0.1, 0.15) is 29.6 Å². The normalized spacial score (nSPS) is 16.7. The Balaban J connectivity index is 1.87. The highest BCUT2D eigenvalue weighted by Gasteiger charge is 2.28. The largest absolute Gasteiger partial charge is 0.440 e. The number of Topliss-reactive ketones (excluding diaryl/α,β-unsaturated/α-hetero) is 1. The van der Waals surface area contributed by atoms with Crippen molar-refractivity contribution in [2.45, 2.75) is 45.4 Å². The second kappa shape index (κ2) is 10.3. The van der Waals surface area contributed by atoms with E-state index in [9.17, 15) is 4.79 Å². The van der Waals surface area contributed by atoms with Crippen LogP contribution in [0.15, 0.2) is 24.3 Å². The van der Waals surface area contributed by atoms with Gasteiger partial charge in [0, 0.05) is 33.9 Å². The van der Waals surface area contributed by atoms with Gasteiger partial charge < -0.3 is 18.8 Å². The van der Waals surface area contributed by atoms with Crippen LogP contribution in [-0.4, -0.2) is 70.5 Å². The maximum Gasteiger partial charge on any atom is 0.315 e. The molecule has 1 saturated heterocycles. The average Bonchev–Trinajstić information content (AvgIpc) is 2.66. The zero-order chi connectivity index (χ0) is 19.9. The van der Waals surface area contributed by atoms with Gasteiger partial charge in [-0.05, 0) is 38.1 Å². The van der Waals surface area contributed by atoms with Crippen molar-refractivity contribution in [3.63, 3.8) is 0 Å². The zero-order valence-corrected chi connectivity index (χ0v) is 18.4. The smallest absolute Gasteiger partial charge is 0.315 e. The van der Waals surface area contributed by atoms with E-state index in [-0.39, 0.29) is 5.78 Å². The Labute approximate surface area is 164 Å². The van der Waals surface area contributed by atoms with Crippen LogP contribution in [0.3, 0.4) is 0 Å². The van der Waals surface area contributed by atoms with Gasteiger partial charge in [-0.2, -0.15) is 0 Å². The molecule has 0 amide bonds. The van der Waals surface area contributed by atoms with Gasteiger partial charge >= 0.3 is 6.48 Å². The first-order valence-electron chi connectivity index (χ1n) is 9.67. The van der Waals surface area contributed by atoms with Crippen molar-refractivity contribution in [1.82, 2.24) is 9.47 Å². The standard InChI is InChI=1S/C20H34N2O4Si/c1-24-20(25-2)26-19-12-7-6-10-17(19)18(23)11-8-13-21-14-9-15-22(16-21)27(3,4)5/h6-7,10,12,20H,8-9,11,13-16H2,1-5H3. The molecule has 0 aliphatic carbocycles. The zero-order valence-electron chi connectivity index (χ0n) is 17.4. The van der Waals surface area contributed by atoms with Crippen LogP contribution in [0.4, 0.5) is 0 Å². The van der Waals surface area contributed by atoms with Gasteiger partial charge in [0.05, 0.1) is 5.56 Å². The number of hydrogen-bond acceptors (Lipinski definition) is 6. The molecule has 0 bridgehead atoms. The Hall–Kier alpha value is -1.25. The fourth-order valence-electron chi connectivity index (χ4n) is 3.29. The van der Waals surface area contributed by atoms with Gasteiger partial charge in [0.1, 0.15) is 14.0 Å². The molecule has 1 fully saturated rings. The van der Waals surface area contributed by atoms with E-state index in [0.29, 0.717) is 17.7 Å². The van der Waals surface area contributed by atoms with E-state index in [4.69, 9.17) is 14.2 Å². The van der Waals surface area contributed by atoms with Crippen LogP contribution in [0.25, 0.3) is 0 Å². The lowest BCUT2D eigenvalue weighted by Gasteiger charge is -2.42. The maximum absolute atomic E-state index is 12.7. The summed E-state index contributed by atoms with van der Waals surface area (Å²) in [5, 5.41) is 0. The lowest BCUT2D eigenvalue weighted by atomic mass is 10.1. The molecule has 27 heavy (non-hydrogen) atoms. The topological polar surface area (TPSA) is 51.2 Å². The minimum atomic E-state index is -1.26. The molecular formula is C20H34N2O4Si. The molecule has 0 radical (unpaired) electrons. The molecule has 1 heterocycles. The molecule has 1 aromatic carbocycles. The van der Waals surface area contributed by atoms with Crippen LogP contribution in [0.2, 0.25) is 19.6 Å². The Morgan fingerprint density at radius 2 is 1.85 bits per heavy atom. The maximum atomic E-state index is 12.7. The highest BCUT2D eigenvalue weighted by Crippen LogP contribution is 2.22. The summed E-state index contributed by atoms with van der Waals surface area (Å²) in [7, 11) is 1.74. The third kappa shape index (κ3) is 6.69. The first kappa shape index (κ1) is 22.0. The molecule has 0 unspecified atom stereocenters. The summed E-state index contributed by atoms with van der Waals surface area (Å²) in [5.74, 6) is 0.592. The summed E-state index contributed by atoms with van der Waals surface area (Å²) in [6.07, 6.45) is 2.57. The first-order valence-corrected chi connectivity index (χ1v) is 13.1. The van der Waals surface area contributed by atoms with E-state index in [1.54, 1.807) is 12.1 Å². The van der Waals surface area contributed by atoms with Crippen LogP contribution in [0, 0.1) is 0 Å². The summed E-state index contributed by atoms with van der Waals surface area (Å²) in [6.45, 7) is 10.7. The molecule has 0 N–H and O–H groups in total. The summed E-state index contributed by atoms with van der Waals surface area (Å²) >= 11 is 0. The lowest BCUT2D eigenvalue weighted by molar-refractivity contribution is -0.219. The van der Waals surface area contributed by atoms with E-state index < -0.39 is 14.7 Å². The van der Waals surface area contributed by atoms with E-state index in [1.165, 1.54) is 27.2 Å². The molecule has 152 valence electrons. The molecule has 7 heteroatoms. The lowest BCUT2D eigenvalue weighted by Crippen LogP contribution is -2.55. The first-order chi connectivity index (χ1) is 12.8. The molecule has 1 aliphatic heterocycles. The van der Waals surface area contributed by atoms with Crippen LogP contribution < -0.4 is 4.74 Å². The Morgan fingerprint density at radius 3 is 2.52 bits per heavy atom. The Kier molecular flexibility index (Phi) is 8.44. The van der Waals surface area contributed by atoms with Crippen molar-refractivity contribution in [3.05, 3.63) is 29.8 Å². The molecule has 0 atom stereocenters. The summed E-state index contributed by atoms with van der Waals surface area (Å²) in [5.41, 5.74) is 0.582. The van der Waals surface area contributed by atoms with Crippen molar-refractivity contribution in [2.24, 2.45) is 0 Å². The molecule has 1 aliphatic rings. The number of carbonyl (C=O) groups excluding carboxylic acids is 1. The third-order valence-corrected chi connectivity index (χ3v) is 7.16. The number of ether oxygens (including phenoxy) is 3. The van der Waals surface area contributed by atoms with Gasteiger partial charge in [-0.3, -0.25) is 9.69 Å². The molecular weight excluding hydrogens is 360 g/mol.